The van der Waals surface area contributed by atoms with Crippen LogP contribution < -0.4 is 10.3 Å². The number of rotatable bonds is 3. The van der Waals surface area contributed by atoms with Gasteiger partial charge in [0.05, 0.1) is 25.3 Å². The Kier molecular flexibility index (Phi) is 3.44. The van der Waals surface area contributed by atoms with Crippen LogP contribution in [-0.2, 0) is 6.54 Å². The summed E-state index contributed by atoms with van der Waals surface area (Å²) in [6, 6.07) is 12.7. The van der Waals surface area contributed by atoms with Crippen LogP contribution in [0.1, 0.15) is 11.1 Å². The molecular formula is C14H12N2O2. The summed E-state index contributed by atoms with van der Waals surface area (Å²) in [6.45, 7) is 0.422. The molecule has 4 heteroatoms. The number of nitriles is 1. The number of nitrogens with zero attached hydrogens (tertiary/aromatic N) is 2. The van der Waals surface area contributed by atoms with Crippen molar-refractivity contribution in [2.45, 2.75) is 6.54 Å². The first-order valence-corrected chi connectivity index (χ1v) is 5.47. The zero-order valence-corrected chi connectivity index (χ0v) is 9.96. The van der Waals surface area contributed by atoms with Gasteiger partial charge in [-0.15, -0.1) is 0 Å². The molecule has 2 rings (SSSR count). The second-order valence-electron chi connectivity index (χ2n) is 3.82. The van der Waals surface area contributed by atoms with Crippen molar-refractivity contribution in [1.82, 2.24) is 4.57 Å². The quantitative estimate of drug-likeness (QED) is 0.821. The van der Waals surface area contributed by atoms with E-state index in [-0.39, 0.29) is 5.56 Å². The van der Waals surface area contributed by atoms with E-state index in [1.807, 2.05) is 6.07 Å². The van der Waals surface area contributed by atoms with Crippen LogP contribution in [0, 0.1) is 11.3 Å². The highest BCUT2D eigenvalue weighted by molar-refractivity contribution is 5.33. The summed E-state index contributed by atoms with van der Waals surface area (Å²) in [5.41, 5.74) is 1.32. The van der Waals surface area contributed by atoms with E-state index >= 15 is 0 Å². The summed E-state index contributed by atoms with van der Waals surface area (Å²) in [5, 5.41) is 8.83. The third-order valence-corrected chi connectivity index (χ3v) is 2.61. The molecule has 0 amide bonds. The van der Waals surface area contributed by atoms with Gasteiger partial charge in [0, 0.05) is 6.20 Å². The van der Waals surface area contributed by atoms with Crippen molar-refractivity contribution in [2.75, 3.05) is 7.11 Å². The van der Waals surface area contributed by atoms with Gasteiger partial charge in [0.1, 0.15) is 0 Å². The summed E-state index contributed by atoms with van der Waals surface area (Å²) in [6.07, 6.45) is 1.70. The molecule has 4 nitrogen and oxygen atoms in total. The van der Waals surface area contributed by atoms with Gasteiger partial charge in [-0.25, -0.2) is 0 Å². The molecule has 0 fully saturated rings. The fourth-order valence-corrected chi connectivity index (χ4v) is 1.73. The Labute approximate surface area is 105 Å². The van der Waals surface area contributed by atoms with Gasteiger partial charge in [0.2, 0.25) is 0 Å². The maximum absolute atomic E-state index is 11.9. The topological polar surface area (TPSA) is 55.0 Å². The number of hydrogen-bond acceptors (Lipinski definition) is 3. The van der Waals surface area contributed by atoms with Crippen LogP contribution in [0.5, 0.6) is 5.75 Å². The highest BCUT2D eigenvalue weighted by Crippen LogP contribution is 2.07. The zero-order chi connectivity index (χ0) is 13.0. The molecule has 1 heterocycles. The van der Waals surface area contributed by atoms with Gasteiger partial charge < -0.3 is 9.30 Å². The van der Waals surface area contributed by atoms with Gasteiger partial charge in [-0.3, -0.25) is 4.79 Å². The molecule has 0 aliphatic heterocycles. The van der Waals surface area contributed by atoms with E-state index in [0.29, 0.717) is 17.9 Å². The summed E-state index contributed by atoms with van der Waals surface area (Å²) in [7, 11) is 1.47. The highest BCUT2D eigenvalue weighted by atomic mass is 16.5. The third kappa shape index (κ3) is 2.41. The SMILES string of the molecule is COc1cccn(Cc2cccc(C#N)c2)c1=O. The van der Waals surface area contributed by atoms with E-state index < -0.39 is 0 Å². The van der Waals surface area contributed by atoms with E-state index in [1.54, 1.807) is 41.1 Å². The lowest BCUT2D eigenvalue weighted by atomic mass is 10.1. The molecule has 0 saturated heterocycles. The number of aromatic nitrogens is 1. The Morgan fingerprint density at radius 2 is 2.17 bits per heavy atom. The first kappa shape index (κ1) is 11.9. The van der Waals surface area contributed by atoms with Crippen LogP contribution >= 0.6 is 0 Å². The standard InChI is InChI=1S/C14H12N2O2/c1-18-13-6-3-7-16(14(13)17)10-12-5-2-4-11(8-12)9-15/h2-8H,10H2,1H3. The maximum Gasteiger partial charge on any atom is 0.293 e. The summed E-state index contributed by atoms with van der Waals surface area (Å²) < 4.78 is 6.53. The van der Waals surface area contributed by atoms with Crippen molar-refractivity contribution in [2.24, 2.45) is 0 Å². The monoisotopic (exact) mass is 240 g/mol. The molecule has 2 aromatic rings. The minimum atomic E-state index is -0.178. The molecule has 90 valence electrons. The van der Waals surface area contributed by atoms with Gasteiger partial charge >= 0.3 is 0 Å². The molecule has 0 saturated carbocycles. The van der Waals surface area contributed by atoms with E-state index in [9.17, 15) is 4.79 Å². The Hall–Kier alpha value is -2.54. The molecule has 1 aromatic heterocycles. The second kappa shape index (κ2) is 5.19. The summed E-state index contributed by atoms with van der Waals surface area (Å²) >= 11 is 0. The van der Waals surface area contributed by atoms with Gasteiger partial charge in [0.15, 0.2) is 5.75 Å². The van der Waals surface area contributed by atoms with E-state index in [0.717, 1.165) is 5.56 Å². The molecule has 0 aliphatic rings. The molecule has 18 heavy (non-hydrogen) atoms. The molecule has 0 spiro atoms. The van der Waals surface area contributed by atoms with Gasteiger partial charge in [-0.05, 0) is 29.8 Å². The third-order valence-electron chi connectivity index (χ3n) is 2.61. The summed E-state index contributed by atoms with van der Waals surface area (Å²) in [5.74, 6) is 0.314. The Morgan fingerprint density at radius 3 is 2.89 bits per heavy atom. The van der Waals surface area contributed by atoms with Crippen molar-refractivity contribution >= 4 is 0 Å². The lowest BCUT2D eigenvalue weighted by Gasteiger charge is -2.07. The second-order valence-corrected chi connectivity index (χ2v) is 3.82. The minimum absolute atomic E-state index is 0.178. The maximum atomic E-state index is 11.9. The first-order chi connectivity index (χ1) is 8.74. The first-order valence-electron chi connectivity index (χ1n) is 5.47. The predicted molar refractivity (Wildman–Crippen MR) is 67.5 cm³/mol. The average Bonchev–Trinajstić information content (AvgIpc) is 2.41. The molecular weight excluding hydrogens is 228 g/mol. The molecule has 0 bridgehead atoms. The molecule has 1 aromatic carbocycles. The molecule has 0 atom stereocenters. The predicted octanol–water partition coefficient (Wildman–Crippen LogP) is 1.78. The lowest BCUT2D eigenvalue weighted by molar-refractivity contribution is 0.403. The minimum Gasteiger partial charge on any atom is -0.491 e. The Balaban J connectivity index is 2.35. The largest absolute Gasteiger partial charge is 0.491 e. The molecule has 0 aliphatic carbocycles. The van der Waals surface area contributed by atoms with Crippen LogP contribution in [-0.4, -0.2) is 11.7 Å². The van der Waals surface area contributed by atoms with E-state index in [2.05, 4.69) is 6.07 Å². The van der Waals surface area contributed by atoms with Crippen LogP contribution in [0.25, 0.3) is 0 Å². The van der Waals surface area contributed by atoms with Gasteiger partial charge in [0.25, 0.3) is 5.56 Å². The lowest BCUT2D eigenvalue weighted by Crippen LogP contribution is -2.20. The van der Waals surface area contributed by atoms with Crippen LogP contribution in [0.4, 0.5) is 0 Å². The van der Waals surface area contributed by atoms with Crippen LogP contribution in [0.3, 0.4) is 0 Å². The number of pyridine rings is 1. The summed E-state index contributed by atoms with van der Waals surface area (Å²) in [4.78, 5) is 11.9. The fraction of sp³-hybridized carbons (Fsp3) is 0.143. The van der Waals surface area contributed by atoms with Crippen LogP contribution in [0.2, 0.25) is 0 Å². The fourth-order valence-electron chi connectivity index (χ4n) is 1.73. The van der Waals surface area contributed by atoms with E-state index in [1.165, 1.54) is 7.11 Å². The molecule has 0 N–H and O–H groups in total. The van der Waals surface area contributed by atoms with Crippen molar-refractivity contribution in [3.8, 4) is 11.8 Å². The molecule has 0 radical (unpaired) electrons. The Morgan fingerprint density at radius 1 is 1.33 bits per heavy atom. The van der Waals surface area contributed by atoms with Crippen molar-refractivity contribution in [1.29, 1.82) is 5.26 Å². The van der Waals surface area contributed by atoms with Crippen molar-refractivity contribution in [3.63, 3.8) is 0 Å². The Bertz CT molecular complexity index is 653. The van der Waals surface area contributed by atoms with Crippen molar-refractivity contribution in [3.05, 3.63) is 64.1 Å². The number of benzene rings is 1. The molecule has 0 unspecified atom stereocenters. The highest BCUT2D eigenvalue weighted by Gasteiger charge is 2.03. The van der Waals surface area contributed by atoms with Crippen molar-refractivity contribution < 1.29 is 4.74 Å². The average molecular weight is 240 g/mol. The number of ether oxygens (including phenoxy) is 1. The zero-order valence-electron chi connectivity index (χ0n) is 9.96. The normalized spacial score (nSPS) is 9.78. The van der Waals surface area contributed by atoms with Gasteiger partial charge in [-0.1, -0.05) is 12.1 Å². The van der Waals surface area contributed by atoms with Crippen LogP contribution in [0.15, 0.2) is 47.4 Å². The number of hydrogen-bond donors (Lipinski definition) is 0. The smallest absolute Gasteiger partial charge is 0.293 e. The van der Waals surface area contributed by atoms with Gasteiger partial charge in [-0.2, -0.15) is 5.26 Å². The number of methoxy groups -OCH3 is 1. The van der Waals surface area contributed by atoms with E-state index in [4.69, 9.17) is 10.00 Å².